The first-order valence-electron chi connectivity index (χ1n) is 5.37. The Kier molecular flexibility index (Phi) is 3.31. The van der Waals surface area contributed by atoms with Crippen molar-refractivity contribution >= 4 is 11.8 Å². The number of alkyl carbamates (subject to hydrolysis) is 1. The molecule has 0 saturated carbocycles. The van der Waals surface area contributed by atoms with Crippen molar-refractivity contribution in [2.24, 2.45) is 0 Å². The van der Waals surface area contributed by atoms with E-state index in [-0.39, 0.29) is 17.5 Å². The molecule has 2 rings (SSSR count). The van der Waals surface area contributed by atoms with Crippen molar-refractivity contribution in [1.29, 1.82) is 0 Å². The van der Waals surface area contributed by atoms with Crippen molar-refractivity contribution in [2.45, 2.75) is 12.5 Å². The fourth-order valence-electron chi connectivity index (χ4n) is 1.84. The zero-order valence-corrected chi connectivity index (χ0v) is 9.71. The summed E-state index contributed by atoms with van der Waals surface area (Å²) < 4.78 is 9.66. The summed E-state index contributed by atoms with van der Waals surface area (Å²) in [5.74, 6) is 0.196. The van der Waals surface area contributed by atoms with Crippen molar-refractivity contribution in [1.82, 2.24) is 5.32 Å². The minimum Gasteiger partial charge on any atom is -0.490 e. The van der Waals surface area contributed by atoms with E-state index in [1.807, 2.05) is 0 Å². The van der Waals surface area contributed by atoms with Crippen LogP contribution in [0.3, 0.4) is 0 Å². The summed E-state index contributed by atoms with van der Waals surface area (Å²) in [6.45, 7) is 0.302. The maximum absolute atomic E-state index is 11.1. The molecule has 7 heteroatoms. The molecule has 1 aliphatic rings. The maximum Gasteiger partial charge on any atom is 0.407 e. The van der Waals surface area contributed by atoms with E-state index in [0.29, 0.717) is 18.6 Å². The van der Waals surface area contributed by atoms with Gasteiger partial charge in [-0.05, 0) is 11.6 Å². The van der Waals surface area contributed by atoms with Crippen molar-refractivity contribution in [2.75, 3.05) is 13.7 Å². The molecule has 0 bridgehead atoms. The van der Waals surface area contributed by atoms with Gasteiger partial charge in [0.15, 0.2) is 5.75 Å². The van der Waals surface area contributed by atoms with E-state index >= 15 is 0 Å². The molecule has 1 heterocycles. The fourth-order valence-corrected chi connectivity index (χ4v) is 1.84. The Hall–Kier alpha value is -2.31. The number of carbonyl (C=O) groups excluding carboxylic acids is 1. The fraction of sp³-hybridized carbons (Fsp3) is 0.364. The molecule has 96 valence electrons. The second kappa shape index (κ2) is 4.91. The highest BCUT2D eigenvalue weighted by Crippen LogP contribution is 2.31. The van der Waals surface area contributed by atoms with Crippen molar-refractivity contribution in [3.63, 3.8) is 0 Å². The Labute approximate surface area is 103 Å². The first-order valence-corrected chi connectivity index (χ1v) is 5.37. The molecule has 0 radical (unpaired) electrons. The number of hydrogen-bond acceptors (Lipinski definition) is 5. The first kappa shape index (κ1) is 12.2. The number of carbonyl (C=O) groups is 1. The Balaban J connectivity index is 2.31. The molecule has 1 aromatic rings. The molecular weight excluding hydrogens is 240 g/mol. The molecule has 7 nitrogen and oxygen atoms in total. The van der Waals surface area contributed by atoms with Crippen LogP contribution in [0.4, 0.5) is 10.5 Å². The minimum atomic E-state index is -0.510. The summed E-state index contributed by atoms with van der Waals surface area (Å²) in [6.07, 6.45) is 0.0691. The number of ether oxygens (including phenoxy) is 2. The molecular formula is C11H12N2O5. The summed E-state index contributed by atoms with van der Waals surface area (Å²) in [6, 6.07) is 4.36. The second-order valence-corrected chi connectivity index (χ2v) is 3.81. The van der Waals surface area contributed by atoms with Gasteiger partial charge in [0.2, 0.25) is 0 Å². The van der Waals surface area contributed by atoms with Gasteiger partial charge in [-0.2, -0.15) is 0 Å². The third-order valence-electron chi connectivity index (χ3n) is 2.73. The van der Waals surface area contributed by atoms with Crippen LogP contribution in [0.1, 0.15) is 18.0 Å². The molecule has 1 saturated heterocycles. The molecule has 0 aliphatic carbocycles. The number of rotatable bonds is 3. The van der Waals surface area contributed by atoms with Crippen LogP contribution in [0, 0.1) is 10.1 Å². The van der Waals surface area contributed by atoms with Gasteiger partial charge in [0.25, 0.3) is 0 Å². The maximum atomic E-state index is 11.1. The molecule has 1 aromatic carbocycles. The number of benzene rings is 1. The van der Waals surface area contributed by atoms with E-state index < -0.39 is 11.0 Å². The lowest BCUT2D eigenvalue weighted by atomic mass is 10.0. The topological polar surface area (TPSA) is 90.7 Å². The quantitative estimate of drug-likeness (QED) is 0.654. The van der Waals surface area contributed by atoms with Gasteiger partial charge in [-0.1, -0.05) is 6.07 Å². The highest BCUT2D eigenvalue weighted by molar-refractivity contribution is 5.68. The van der Waals surface area contributed by atoms with E-state index in [2.05, 4.69) is 5.32 Å². The predicted octanol–water partition coefficient (Wildman–Crippen LogP) is 1.77. The average molecular weight is 252 g/mol. The molecule has 1 fully saturated rings. The highest BCUT2D eigenvalue weighted by Gasteiger charge is 2.24. The van der Waals surface area contributed by atoms with Crippen molar-refractivity contribution < 1.29 is 19.2 Å². The number of methoxy groups -OCH3 is 1. The van der Waals surface area contributed by atoms with Crippen molar-refractivity contribution in [3.8, 4) is 5.75 Å². The molecule has 0 aromatic heterocycles. The molecule has 0 spiro atoms. The van der Waals surface area contributed by atoms with Gasteiger partial charge in [0.05, 0.1) is 24.7 Å². The molecule has 0 unspecified atom stereocenters. The third-order valence-corrected chi connectivity index (χ3v) is 2.73. The lowest BCUT2D eigenvalue weighted by molar-refractivity contribution is -0.385. The van der Waals surface area contributed by atoms with Gasteiger partial charge in [-0.15, -0.1) is 0 Å². The van der Waals surface area contributed by atoms with Gasteiger partial charge >= 0.3 is 11.8 Å². The minimum absolute atomic E-state index is 0.115. The van der Waals surface area contributed by atoms with Crippen LogP contribution in [0.25, 0.3) is 0 Å². The molecule has 1 aliphatic heterocycles. The summed E-state index contributed by atoms with van der Waals surface area (Å²) in [7, 11) is 1.37. The zero-order valence-electron chi connectivity index (χ0n) is 9.71. The van der Waals surface area contributed by atoms with Crippen LogP contribution in [0.2, 0.25) is 0 Å². The average Bonchev–Trinajstić information content (AvgIpc) is 2.38. The monoisotopic (exact) mass is 252 g/mol. The number of hydrogen-bond donors (Lipinski definition) is 1. The lowest BCUT2D eigenvalue weighted by Gasteiger charge is -2.23. The van der Waals surface area contributed by atoms with Crippen LogP contribution in [-0.2, 0) is 4.74 Å². The van der Waals surface area contributed by atoms with E-state index in [1.165, 1.54) is 19.2 Å². The van der Waals surface area contributed by atoms with Gasteiger partial charge in [-0.25, -0.2) is 4.79 Å². The number of cyclic esters (lactones) is 1. The third kappa shape index (κ3) is 2.34. The highest BCUT2D eigenvalue weighted by atomic mass is 16.6. The number of nitrogens with zero attached hydrogens (tertiary/aromatic N) is 1. The van der Waals surface area contributed by atoms with Gasteiger partial charge in [-0.3, -0.25) is 10.1 Å². The molecule has 1 amide bonds. The van der Waals surface area contributed by atoms with Gasteiger partial charge in [0, 0.05) is 12.5 Å². The predicted molar refractivity (Wildman–Crippen MR) is 61.5 cm³/mol. The van der Waals surface area contributed by atoms with E-state index in [9.17, 15) is 14.9 Å². The van der Waals surface area contributed by atoms with E-state index in [4.69, 9.17) is 9.47 Å². The lowest BCUT2D eigenvalue weighted by Crippen LogP contribution is -2.35. The Morgan fingerprint density at radius 2 is 2.33 bits per heavy atom. The Bertz CT molecular complexity index is 488. The summed E-state index contributed by atoms with van der Waals surface area (Å²) in [5.41, 5.74) is 0.551. The molecule has 1 atom stereocenters. The second-order valence-electron chi connectivity index (χ2n) is 3.81. The van der Waals surface area contributed by atoms with Gasteiger partial charge in [0.1, 0.15) is 0 Å². The van der Waals surface area contributed by atoms with Gasteiger partial charge < -0.3 is 14.8 Å². The van der Waals surface area contributed by atoms with Crippen LogP contribution >= 0.6 is 0 Å². The molecule has 18 heavy (non-hydrogen) atoms. The summed E-state index contributed by atoms with van der Waals surface area (Å²) in [4.78, 5) is 21.5. The normalized spacial score (nSPS) is 18.7. The number of amides is 1. The smallest absolute Gasteiger partial charge is 0.407 e. The zero-order chi connectivity index (χ0) is 13.1. The van der Waals surface area contributed by atoms with Crippen LogP contribution < -0.4 is 10.1 Å². The van der Waals surface area contributed by atoms with Crippen LogP contribution in [-0.4, -0.2) is 24.7 Å². The van der Waals surface area contributed by atoms with Crippen LogP contribution in [0.5, 0.6) is 5.75 Å². The Morgan fingerprint density at radius 3 is 2.94 bits per heavy atom. The largest absolute Gasteiger partial charge is 0.490 e. The summed E-state index contributed by atoms with van der Waals surface area (Å²) >= 11 is 0. The van der Waals surface area contributed by atoms with E-state index in [0.717, 1.165) is 0 Å². The standard InChI is InChI=1S/C11H12N2O5/c1-17-10-3-2-7(6-9(10)13(15)16)8-4-5-18-11(14)12-8/h2-3,6,8H,4-5H2,1H3,(H,12,14)/t8-/m0/s1. The SMILES string of the molecule is COc1ccc([C@@H]2CCOC(=O)N2)cc1[N+](=O)[O-]. The number of nitro groups is 1. The summed E-state index contributed by atoms with van der Waals surface area (Å²) in [5, 5.41) is 13.5. The molecule has 1 N–H and O–H groups in total. The van der Waals surface area contributed by atoms with E-state index in [1.54, 1.807) is 6.07 Å². The number of nitrogens with one attached hydrogen (secondary N) is 1. The first-order chi connectivity index (χ1) is 8.61. The van der Waals surface area contributed by atoms with Crippen LogP contribution in [0.15, 0.2) is 18.2 Å². The Morgan fingerprint density at radius 1 is 1.56 bits per heavy atom. The number of nitro benzene ring substituents is 1. The van der Waals surface area contributed by atoms with Crippen molar-refractivity contribution in [3.05, 3.63) is 33.9 Å².